The molecule has 0 aliphatic carbocycles. The van der Waals surface area contributed by atoms with Crippen molar-refractivity contribution in [3.63, 3.8) is 0 Å². The molecule has 0 atom stereocenters. The average Bonchev–Trinajstić information content (AvgIpc) is 3.71. The van der Waals surface area contributed by atoms with Crippen molar-refractivity contribution in [3.8, 4) is 45.1 Å². The fraction of sp³-hybridized carbons (Fsp3) is 0. The van der Waals surface area contributed by atoms with E-state index in [1.54, 1.807) is 0 Å². The number of rotatable bonds is 5. The molecule has 0 spiro atoms. The van der Waals surface area contributed by atoms with Crippen LogP contribution in [0.4, 0.5) is 0 Å². The second kappa shape index (κ2) is 11.4. The van der Waals surface area contributed by atoms with Gasteiger partial charge in [-0.15, -0.1) is 0 Å². The minimum Gasteiger partial charge on any atom is -0.309 e. The first-order valence-corrected chi connectivity index (χ1v) is 16.9. The van der Waals surface area contributed by atoms with Gasteiger partial charge in [-0.05, 0) is 48.0 Å². The van der Waals surface area contributed by atoms with Crippen LogP contribution in [0, 0.1) is 0 Å². The van der Waals surface area contributed by atoms with Gasteiger partial charge in [-0.2, -0.15) is 0 Å². The highest BCUT2D eigenvalue weighted by atomic mass is 15.0. The molecule has 7 aromatic carbocycles. The van der Waals surface area contributed by atoms with Crippen LogP contribution in [0.5, 0.6) is 0 Å². The molecule has 0 N–H and O–H groups in total. The van der Waals surface area contributed by atoms with Crippen LogP contribution in [-0.4, -0.2) is 19.1 Å². The van der Waals surface area contributed by atoms with E-state index in [4.69, 9.17) is 9.97 Å². The van der Waals surface area contributed by atoms with Crippen LogP contribution in [-0.2, 0) is 0 Å². The molecule has 3 heterocycles. The summed E-state index contributed by atoms with van der Waals surface area (Å²) in [6, 6.07) is 62.3. The molecule has 0 aliphatic rings. The van der Waals surface area contributed by atoms with Crippen LogP contribution in [0.15, 0.2) is 182 Å². The van der Waals surface area contributed by atoms with Crippen LogP contribution >= 0.6 is 0 Å². The number of nitrogens with zero attached hydrogens (tertiary/aromatic N) is 4. The Labute approximate surface area is 289 Å². The van der Waals surface area contributed by atoms with Gasteiger partial charge in [0.15, 0.2) is 5.82 Å². The number of hydrogen-bond acceptors (Lipinski definition) is 2. The van der Waals surface area contributed by atoms with E-state index in [9.17, 15) is 0 Å². The molecule has 0 bridgehead atoms. The van der Waals surface area contributed by atoms with E-state index in [2.05, 4.69) is 161 Å². The highest BCUT2D eigenvalue weighted by Gasteiger charge is 2.20. The maximum Gasteiger partial charge on any atom is 0.159 e. The number of aromatic nitrogens is 4. The maximum atomic E-state index is 5.35. The molecule has 0 amide bonds. The Bertz CT molecular complexity index is 2630. The second-order valence-electron chi connectivity index (χ2n) is 12.7. The molecule has 10 rings (SSSR count). The molecule has 0 unspecified atom stereocenters. The standard InChI is InChI=1S/C46H30N4/c1-3-15-31(16-4-1)40-30-47-46(32-17-5-2-6-18-32)48-45(40)33-27-34(49-41-23-11-7-19-36(41)37-20-8-12-24-42(37)49)29-35(28-33)50-43-25-13-9-21-38(43)39-22-10-14-26-44(39)50/h1-30H. The van der Waals surface area contributed by atoms with Crippen LogP contribution in [0.3, 0.4) is 0 Å². The molecular formula is C46H30N4. The zero-order valence-corrected chi connectivity index (χ0v) is 27.1. The Balaban J connectivity index is 1.33. The Kier molecular flexibility index (Phi) is 6.46. The molecule has 3 aromatic heterocycles. The molecule has 234 valence electrons. The van der Waals surface area contributed by atoms with E-state index in [0.717, 1.165) is 61.4 Å². The predicted octanol–water partition coefficient (Wildman–Crippen LogP) is 11.7. The summed E-state index contributed by atoms with van der Waals surface area (Å²) < 4.78 is 4.79. The molecule has 4 nitrogen and oxygen atoms in total. The monoisotopic (exact) mass is 638 g/mol. The van der Waals surface area contributed by atoms with Crippen molar-refractivity contribution in [2.24, 2.45) is 0 Å². The fourth-order valence-electron chi connectivity index (χ4n) is 7.55. The molecule has 4 heteroatoms. The van der Waals surface area contributed by atoms with Gasteiger partial charge in [0, 0.05) is 55.8 Å². The van der Waals surface area contributed by atoms with Crippen LogP contribution < -0.4 is 0 Å². The quantitative estimate of drug-likeness (QED) is 0.188. The second-order valence-corrected chi connectivity index (χ2v) is 12.7. The third kappa shape index (κ3) is 4.46. The lowest BCUT2D eigenvalue weighted by molar-refractivity contribution is 1.13. The van der Waals surface area contributed by atoms with Gasteiger partial charge in [0.05, 0.1) is 27.8 Å². The molecule has 10 aromatic rings. The molecule has 0 radical (unpaired) electrons. The molecule has 0 aliphatic heterocycles. The zero-order chi connectivity index (χ0) is 33.0. The normalized spacial score (nSPS) is 11.6. The lowest BCUT2D eigenvalue weighted by Crippen LogP contribution is -2.02. The molecular weight excluding hydrogens is 609 g/mol. The van der Waals surface area contributed by atoms with Crippen molar-refractivity contribution in [3.05, 3.63) is 182 Å². The minimum absolute atomic E-state index is 0.695. The Morgan fingerprint density at radius 2 is 0.760 bits per heavy atom. The molecule has 0 saturated heterocycles. The Morgan fingerprint density at radius 1 is 0.360 bits per heavy atom. The number of para-hydroxylation sites is 4. The van der Waals surface area contributed by atoms with E-state index in [1.165, 1.54) is 21.5 Å². The van der Waals surface area contributed by atoms with Crippen molar-refractivity contribution in [1.29, 1.82) is 0 Å². The van der Waals surface area contributed by atoms with Gasteiger partial charge >= 0.3 is 0 Å². The fourth-order valence-corrected chi connectivity index (χ4v) is 7.55. The van der Waals surface area contributed by atoms with Gasteiger partial charge in [-0.1, -0.05) is 133 Å². The highest BCUT2D eigenvalue weighted by Crippen LogP contribution is 2.39. The number of benzene rings is 7. The van der Waals surface area contributed by atoms with Crippen molar-refractivity contribution < 1.29 is 0 Å². The van der Waals surface area contributed by atoms with Crippen molar-refractivity contribution in [2.75, 3.05) is 0 Å². The van der Waals surface area contributed by atoms with Crippen molar-refractivity contribution >= 4 is 43.6 Å². The molecule has 50 heavy (non-hydrogen) atoms. The summed E-state index contributed by atoms with van der Waals surface area (Å²) in [6.07, 6.45) is 1.98. The van der Waals surface area contributed by atoms with E-state index in [1.807, 2.05) is 30.5 Å². The van der Waals surface area contributed by atoms with Crippen molar-refractivity contribution in [2.45, 2.75) is 0 Å². The third-order valence-corrected chi connectivity index (χ3v) is 9.76. The number of hydrogen-bond donors (Lipinski definition) is 0. The molecule has 0 fully saturated rings. The van der Waals surface area contributed by atoms with Gasteiger partial charge < -0.3 is 9.13 Å². The third-order valence-electron chi connectivity index (χ3n) is 9.76. The van der Waals surface area contributed by atoms with E-state index < -0.39 is 0 Å². The van der Waals surface area contributed by atoms with Crippen LogP contribution in [0.1, 0.15) is 0 Å². The highest BCUT2D eigenvalue weighted by molar-refractivity contribution is 6.10. The first-order chi connectivity index (χ1) is 24.8. The summed E-state index contributed by atoms with van der Waals surface area (Å²) >= 11 is 0. The van der Waals surface area contributed by atoms with E-state index >= 15 is 0 Å². The lowest BCUT2D eigenvalue weighted by Gasteiger charge is -2.17. The van der Waals surface area contributed by atoms with E-state index in [0.29, 0.717) is 5.82 Å². The van der Waals surface area contributed by atoms with Gasteiger partial charge in [-0.25, -0.2) is 9.97 Å². The zero-order valence-electron chi connectivity index (χ0n) is 27.1. The largest absolute Gasteiger partial charge is 0.309 e. The predicted molar refractivity (Wildman–Crippen MR) is 207 cm³/mol. The SMILES string of the molecule is c1ccc(-c2ncc(-c3ccccc3)c(-c3cc(-n4c5ccccc5c5ccccc54)cc(-n4c5ccccc5c5ccccc54)c3)n2)cc1. The van der Waals surface area contributed by atoms with Gasteiger partial charge in [0.1, 0.15) is 0 Å². The van der Waals surface area contributed by atoms with Crippen LogP contribution in [0.2, 0.25) is 0 Å². The first kappa shape index (κ1) is 28.3. The van der Waals surface area contributed by atoms with Crippen molar-refractivity contribution in [1.82, 2.24) is 19.1 Å². The van der Waals surface area contributed by atoms with Crippen LogP contribution in [0.25, 0.3) is 88.8 Å². The minimum atomic E-state index is 0.695. The first-order valence-electron chi connectivity index (χ1n) is 16.9. The van der Waals surface area contributed by atoms with Gasteiger partial charge in [0.25, 0.3) is 0 Å². The summed E-state index contributed by atoms with van der Waals surface area (Å²) in [6.45, 7) is 0. The van der Waals surface area contributed by atoms with Gasteiger partial charge in [-0.3, -0.25) is 0 Å². The number of fused-ring (bicyclic) bond motifs is 6. The lowest BCUT2D eigenvalue weighted by atomic mass is 9.99. The summed E-state index contributed by atoms with van der Waals surface area (Å²) in [4.78, 5) is 10.3. The Hall–Kier alpha value is -6.78. The summed E-state index contributed by atoms with van der Waals surface area (Å²) in [7, 11) is 0. The average molecular weight is 639 g/mol. The topological polar surface area (TPSA) is 35.6 Å². The summed E-state index contributed by atoms with van der Waals surface area (Å²) in [5.41, 5.74) is 11.7. The molecule has 0 saturated carbocycles. The smallest absolute Gasteiger partial charge is 0.159 e. The summed E-state index contributed by atoms with van der Waals surface area (Å²) in [5, 5.41) is 4.91. The Morgan fingerprint density at radius 3 is 1.22 bits per heavy atom. The van der Waals surface area contributed by atoms with Gasteiger partial charge in [0.2, 0.25) is 0 Å². The maximum absolute atomic E-state index is 5.35. The van der Waals surface area contributed by atoms with E-state index in [-0.39, 0.29) is 0 Å². The summed E-state index contributed by atoms with van der Waals surface area (Å²) in [5.74, 6) is 0.695.